The number of fused-ring (bicyclic) bond motifs is 1. The smallest absolute Gasteiger partial charge is 0.160 e. The van der Waals surface area contributed by atoms with Crippen molar-refractivity contribution in [3.63, 3.8) is 0 Å². The van der Waals surface area contributed by atoms with E-state index >= 15 is 0 Å². The van der Waals surface area contributed by atoms with Crippen molar-refractivity contribution in [2.45, 2.75) is 38.9 Å². The van der Waals surface area contributed by atoms with Crippen molar-refractivity contribution in [3.05, 3.63) is 77.5 Å². The average molecular weight is 474 g/mol. The van der Waals surface area contributed by atoms with Gasteiger partial charge in [-0.25, -0.2) is 14.4 Å². The SMILES string of the molecule is CC[Si](C#Cc1cncc(-c2cc(-c3cc(Cl)ccc3F)nc3ncccc23)c1)(CC)CC. The highest BCUT2D eigenvalue weighted by atomic mass is 35.5. The minimum atomic E-state index is -1.57. The third kappa shape index (κ3) is 4.83. The molecule has 0 fully saturated rings. The molecule has 166 valence electrons. The molecule has 33 heavy (non-hydrogen) atoms. The van der Waals surface area contributed by atoms with E-state index in [1.165, 1.54) is 12.1 Å². The quantitative estimate of drug-likeness (QED) is 0.222. The summed E-state index contributed by atoms with van der Waals surface area (Å²) in [5.41, 5.74) is 7.62. The van der Waals surface area contributed by atoms with Crippen LogP contribution >= 0.6 is 11.6 Å². The van der Waals surface area contributed by atoms with Gasteiger partial charge in [0.1, 0.15) is 13.9 Å². The molecule has 0 atom stereocenters. The van der Waals surface area contributed by atoms with E-state index in [-0.39, 0.29) is 5.82 Å². The van der Waals surface area contributed by atoms with Crippen LogP contribution in [0.2, 0.25) is 23.2 Å². The number of nitrogens with zero attached hydrogens (tertiary/aromatic N) is 3. The average Bonchev–Trinajstić information content (AvgIpc) is 2.86. The van der Waals surface area contributed by atoms with Crippen LogP contribution in [-0.2, 0) is 0 Å². The zero-order valence-corrected chi connectivity index (χ0v) is 20.7. The van der Waals surface area contributed by atoms with Crippen LogP contribution in [0.3, 0.4) is 0 Å². The molecule has 3 nitrogen and oxygen atoms in total. The van der Waals surface area contributed by atoms with Gasteiger partial charge >= 0.3 is 0 Å². The van der Waals surface area contributed by atoms with Crippen molar-refractivity contribution in [1.82, 2.24) is 15.0 Å². The van der Waals surface area contributed by atoms with E-state index in [1.54, 1.807) is 24.7 Å². The normalized spacial score (nSPS) is 11.3. The first-order valence-corrected chi connectivity index (χ1v) is 14.2. The van der Waals surface area contributed by atoms with E-state index in [0.717, 1.165) is 40.2 Å². The highest BCUT2D eigenvalue weighted by Gasteiger charge is 2.24. The summed E-state index contributed by atoms with van der Waals surface area (Å²) in [4.78, 5) is 13.5. The summed E-state index contributed by atoms with van der Waals surface area (Å²) in [5, 5.41) is 1.32. The van der Waals surface area contributed by atoms with Crippen molar-refractivity contribution in [1.29, 1.82) is 0 Å². The number of halogens is 2. The van der Waals surface area contributed by atoms with Gasteiger partial charge in [0.2, 0.25) is 0 Å². The molecule has 0 aliphatic heterocycles. The van der Waals surface area contributed by atoms with Gasteiger partial charge < -0.3 is 0 Å². The predicted molar refractivity (Wildman–Crippen MR) is 137 cm³/mol. The number of hydrogen-bond acceptors (Lipinski definition) is 3. The fraction of sp³-hybridized carbons (Fsp3) is 0.222. The summed E-state index contributed by atoms with van der Waals surface area (Å²) < 4.78 is 14.6. The van der Waals surface area contributed by atoms with Crippen LogP contribution in [0.1, 0.15) is 26.3 Å². The lowest BCUT2D eigenvalue weighted by molar-refractivity contribution is 0.631. The third-order valence-electron chi connectivity index (χ3n) is 6.34. The Bertz CT molecular complexity index is 1360. The van der Waals surface area contributed by atoms with Crippen LogP contribution in [0.5, 0.6) is 0 Å². The first-order chi connectivity index (χ1) is 16.0. The summed E-state index contributed by atoms with van der Waals surface area (Å²) in [6.45, 7) is 6.74. The molecule has 0 unspecified atom stereocenters. The second-order valence-electron chi connectivity index (χ2n) is 8.11. The van der Waals surface area contributed by atoms with Gasteiger partial charge in [-0.05, 0) is 66.2 Å². The highest BCUT2D eigenvalue weighted by Crippen LogP contribution is 2.33. The Morgan fingerprint density at radius 1 is 0.970 bits per heavy atom. The van der Waals surface area contributed by atoms with Gasteiger partial charge in [0.05, 0.1) is 5.69 Å². The Labute approximate surface area is 200 Å². The first-order valence-electron chi connectivity index (χ1n) is 11.2. The molecule has 0 saturated heterocycles. The molecule has 0 aliphatic carbocycles. The minimum Gasteiger partial charge on any atom is -0.263 e. The van der Waals surface area contributed by atoms with E-state index in [1.807, 2.05) is 24.3 Å². The lowest BCUT2D eigenvalue weighted by Crippen LogP contribution is -2.29. The van der Waals surface area contributed by atoms with E-state index in [9.17, 15) is 4.39 Å². The topological polar surface area (TPSA) is 38.7 Å². The van der Waals surface area contributed by atoms with Crippen LogP contribution in [0.25, 0.3) is 33.4 Å². The van der Waals surface area contributed by atoms with Crippen LogP contribution in [0.15, 0.2) is 61.1 Å². The maximum atomic E-state index is 14.6. The fourth-order valence-corrected chi connectivity index (χ4v) is 6.62. The van der Waals surface area contributed by atoms with Gasteiger partial charge in [0, 0.05) is 45.7 Å². The number of rotatable bonds is 5. The Hall–Kier alpha value is -3.07. The summed E-state index contributed by atoms with van der Waals surface area (Å²) in [6.07, 6.45) is 5.28. The van der Waals surface area contributed by atoms with Crippen molar-refractivity contribution < 1.29 is 4.39 Å². The Kier molecular flexibility index (Phi) is 6.87. The van der Waals surface area contributed by atoms with Gasteiger partial charge in [-0.2, -0.15) is 0 Å². The Morgan fingerprint density at radius 3 is 2.52 bits per heavy atom. The minimum absolute atomic E-state index is 0.338. The molecule has 0 spiro atoms. The number of pyridine rings is 3. The number of benzene rings is 1. The summed E-state index contributed by atoms with van der Waals surface area (Å²) in [7, 11) is -1.57. The standard InChI is InChI=1S/C27H25ClFN3Si/c1-4-33(5-2,6-3)13-11-19-14-20(18-30-17-19)23-16-26(24-15-21(28)9-10-25(24)29)32-27-22(23)8-7-12-31-27/h7-10,12,14-18H,4-6H2,1-3H3. The summed E-state index contributed by atoms with van der Waals surface area (Å²) in [6, 6.07) is 15.7. The molecule has 4 aromatic rings. The molecule has 0 amide bonds. The van der Waals surface area contributed by atoms with Crippen molar-refractivity contribution >= 4 is 30.7 Å². The lowest BCUT2D eigenvalue weighted by Gasteiger charge is -2.20. The molecule has 3 aromatic heterocycles. The zero-order valence-electron chi connectivity index (χ0n) is 19.0. The van der Waals surface area contributed by atoms with Crippen LogP contribution in [0.4, 0.5) is 4.39 Å². The lowest BCUT2D eigenvalue weighted by atomic mass is 10.00. The fourth-order valence-electron chi connectivity index (χ4n) is 4.00. The van der Waals surface area contributed by atoms with Crippen LogP contribution in [0, 0.1) is 17.3 Å². The molecular weight excluding hydrogens is 449 g/mol. The first kappa shape index (κ1) is 23.1. The van der Waals surface area contributed by atoms with E-state index in [4.69, 9.17) is 11.6 Å². The second-order valence-corrected chi connectivity index (χ2v) is 13.5. The second kappa shape index (κ2) is 9.82. The van der Waals surface area contributed by atoms with Gasteiger partial charge in [-0.1, -0.05) is 38.3 Å². The van der Waals surface area contributed by atoms with E-state index in [0.29, 0.717) is 21.9 Å². The Morgan fingerprint density at radius 2 is 1.76 bits per heavy atom. The van der Waals surface area contributed by atoms with Gasteiger partial charge in [-0.3, -0.25) is 4.98 Å². The van der Waals surface area contributed by atoms with Crippen LogP contribution in [-0.4, -0.2) is 23.0 Å². The molecule has 0 saturated carbocycles. The van der Waals surface area contributed by atoms with Gasteiger partial charge in [0.15, 0.2) is 5.65 Å². The molecule has 0 N–H and O–H groups in total. The maximum Gasteiger partial charge on any atom is 0.160 e. The molecule has 6 heteroatoms. The molecule has 0 aliphatic rings. The summed E-state index contributed by atoms with van der Waals surface area (Å²) in [5.74, 6) is 3.02. The maximum absolute atomic E-state index is 14.6. The molecule has 0 radical (unpaired) electrons. The van der Waals surface area contributed by atoms with Crippen LogP contribution < -0.4 is 0 Å². The van der Waals surface area contributed by atoms with E-state index in [2.05, 4.69) is 47.2 Å². The number of hydrogen-bond donors (Lipinski definition) is 0. The monoisotopic (exact) mass is 473 g/mol. The largest absolute Gasteiger partial charge is 0.263 e. The summed E-state index contributed by atoms with van der Waals surface area (Å²) >= 11 is 6.14. The number of aromatic nitrogens is 3. The molecule has 4 rings (SSSR count). The van der Waals surface area contributed by atoms with Crippen molar-refractivity contribution in [2.75, 3.05) is 0 Å². The van der Waals surface area contributed by atoms with E-state index < -0.39 is 8.07 Å². The van der Waals surface area contributed by atoms with Gasteiger partial charge in [0.25, 0.3) is 0 Å². The highest BCUT2D eigenvalue weighted by molar-refractivity contribution is 6.87. The Balaban J connectivity index is 1.87. The van der Waals surface area contributed by atoms with Gasteiger partial charge in [-0.15, -0.1) is 5.54 Å². The zero-order chi connectivity index (χ0) is 23.4. The predicted octanol–water partition coefficient (Wildman–Crippen LogP) is 7.55. The molecule has 3 heterocycles. The third-order valence-corrected chi connectivity index (χ3v) is 11.3. The molecule has 0 bridgehead atoms. The van der Waals surface area contributed by atoms with Crippen molar-refractivity contribution in [3.8, 4) is 33.8 Å². The van der Waals surface area contributed by atoms with Crippen molar-refractivity contribution in [2.24, 2.45) is 0 Å². The molecular formula is C27H25ClFN3Si. The molecule has 1 aromatic carbocycles.